The van der Waals surface area contributed by atoms with Crippen molar-refractivity contribution in [1.29, 1.82) is 0 Å². The summed E-state index contributed by atoms with van der Waals surface area (Å²) in [6.07, 6.45) is 6.15. The molecule has 1 aromatic heterocycles. The van der Waals surface area contributed by atoms with Gasteiger partial charge in [-0.2, -0.15) is 4.31 Å². The standard InChI is InChI=1S/C19H23N3O4S/c1-22(27(24,25)18-6-3-9-20-13-18)14-19(23)21-10-11-26-17-8-7-15-4-2-5-16(15)12-17/h3,6-9,12-13H,2,4-5,10-11,14H2,1H3,(H,21,23). The second-order valence-corrected chi connectivity index (χ2v) is 8.48. The van der Waals surface area contributed by atoms with Gasteiger partial charge in [0.15, 0.2) is 0 Å². The topological polar surface area (TPSA) is 88.6 Å². The van der Waals surface area contributed by atoms with Crippen LogP contribution in [0.2, 0.25) is 0 Å². The molecule has 27 heavy (non-hydrogen) atoms. The predicted octanol–water partition coefficient (Wildman–Crippen LogP) is 1.39. The highest BCUT2D eigenvalue weighted by atomic mass is 32.2. The van der Waals surface area contributed by atoms with E-state index in [1.54, 1.807) is 0 Å². The van der Waals surface area contributed by atoms with Gasteiger partial charge in [0.05, 0.1) is 13.1 Å². The average Bonchev–Trinajstić information content (AvgIpc) is 3.13. The summed E-state index contributed by atoms with van der Waals surface area (Å²) >= 11 is 0. The Labute approximate surface area is 159 Å². The highest BCUT2D eigenvalue weighted by molar-refractivity contribution is 7.89. The first-order valence-corrected chi connectivity index (χ1v) is 10.3. The van der Waals surface area contributed by atoms with Gasteiger partial charge in [-0.1, -0.05) is 6.07 Å². The van der Waals surface area contributed by atoms with E-state index < -0.39 is 10.0 Å². The predicted molar refractivity (Wildman–Crippen MR) is 101 cm³/mol. The van der Waals surface area contributed by atoms with Crippen LogP contribution in [-0.2, 0) is 27.7 Å². The Kier molecular flexibility index (Phi) is 6.08. The highest BCUT2D eigenvalue weighted by Crippen LogP contribution is 2.25. The number of rotatable bonds is 8. The van der Waals surface area contributed by atoms with E-state index in [1.165, 1.54) is 49.1 Å². The molecule has 0 unspecified atom stereocenters. The second-order valence-electron chi connectivity index (χ2n) is 6.43. The van der Waals surface area contributed by atoms with E-state index >= 15 is 0 Å². The zero-order valence-corrected chi connectivity index (χ0v) is 16.0. The van der Waals surface area contributed by atoms with Crippen LogP contribution in [0.5, 0.6) is 5.75 Å². The lowest BCUT2D eigenvalue weighted by Crippen LogP contribution is -2.39. The monoisotopic (exact) mass is 389 g/mol. The summed E-state index contributed by atoms with van der Waals surface area (Å²) in [5.74, 6) is 0.406. The van der Waals surface area contributed by atoms with Crippen molar-refractivity contribution in [1.82, 2.24) is 14.6 Å². The molecule has 0 aliphatic heterocycles. The Morgan fingerprint density at radius 2 is 2.07 bits per heavy atom. The van der Waals surface area contributed by atoms with Gasteiger partial charge in [-0.05, 0) is 54.7 Å². The molecule has 1 heterocycles. The third kappa shape index (κ3) is 4.84. The molecule has 1 N–H and O–H groups in total. The number of amides is 1. The molecule has 8 heteroatoms. The summed E-state index contributed by atoms with van der Waals surface area (Å²) in [5, 5.41) is 2.67. The molecule has 0 saturated heterocycles. The molecule has 0 bridgehead atoms. The molecule has 0 saturated carbocycles. The number of hydrogen-bond donors (Lipinski definition) is 1. The summed E-state index contributed by atoms with van der Waals surface area (Å²) in [5.41, 5.74) is 2.72. The molecule has 0 atom stereocenters. The van der Waals surface area contributed by atoms with E-state index in [4.69, 9.17) is 4.74 Å². The van der Waals surface area contributed by atoms with Crippen molar-refractivity contribution in [2.24, 2.45) is 0 Å². The number of likely N-dealkylation sites (N-methyl/N-ethyl adjacent to an activating group) is 1. The lowest BCUT2D eigenvalue weighted by atomic mass is 10.1. The Morgan fingerprint density at radius 3 is 2.85 bits per heavy atom. The van der Waals surface area contributed by atoms with Crippen molar-refractivity contribution in [2.75, 3.05) is 26.7 Å². The molecule has 7 nitrogen and oxygen atoms in total. The van der Waals surface area contributed by atoms with Crippen molar-refractivity contribution in [3.05, 3.63) is 53.9 Å². The molecule has 144 valence electrons. The van der Waals surface area contributed by atoms with Crippen LogP contribution in [0.25, 0.3) is 0 Å². The molecule has 1 aromatic carbocycles. The fourth-order valence-electron chi connectivity index (χ4n) is 3.02. The van der Waals surface area contributed by atoms with Crippen molar-refractivity contribution in [3.63, 3.8) is 0 Å². The van der Waals surface area contributed by atoms with Gasteiger partial charge in [-0.15, -0.1) is 0 Å². The van der Waals surface area contributed by atoms with E-state index in [0.717, 1.165) is 22.9 Å². The number of benzene rings is 1. The number of hydrogen-bond acceptors (Lipinski definition) is 5. The van der Waals surface area contributed by atoms with Gasteiger partial charge in [0.25, 0.3) is 0 Å². The fraction of sp³-hybridized carbons (Fsp3) is 0.368. The summed E-state index contributed by atoms with van der Waals surface area (Å²) in [6.45, 7) is 0.358. The van der Waals surface area contributed by atoms with Gasteiger partial charge in [0, 0.05) is 19.4 Å². The largest absolute Gasteiger partial charge is 0.492 e. The normalized spacial score (nSPS) is 13.4. The minimum Gasteiger partial charge on any atom is -0.492 e. The number of nitrogens with zero attached hydrogens (tertiary/aromatic N) is 2. The van der Waals surface area contributed by atoms with Crippen LogP contribution in [0.1, 0.15) is 17.5 Å². The van der Waals surface area contributed by atoms with Crippen molar-refractivity contribution in [2.45, 2.75) is 24.2 Å². The van der Waals surface area contributed by atoms with Crippen LogP contribution < -0.4 is 10.1 Å². The van der Waals surface area contributed by atoms with Gasteiger partial charge < -0.3 is 10.1 Å². The third-order valence-corrected chi connectivity index (χ3v) is 6.26. The van der Waals surface area contributed by atoms with E-state index in [9.17, 15) is 13.2 Å². The smallest absolute Gasteiger partial charge is 0.244 e. The molecule has 0 fully saturated rings. The minimum atomic E-state index is -3.73. The maximum atomic E-state index is 12.4. The molecule has 2 aromatic rings. The number of pyridine rings is 1. The zero-order chi connectivity index (χ0) is 19.3. The number of carbonyl (C=O) groups excluding carboxylic acids is 1. The lowest BCUT2D eigenvalue weighted by Gasteiger charge is -2.16. The molecule has 1 aliphatic carbocycles. The maximum Gasteiger partial charge on any atom is 0.244 e. The maximum absolute atomic E-state index is 12.4. The third-order valence-electron chi connectivity index (χ3n) is 4.47. The van der Waals surface area contributed by atoms with Crippen LogP contribution in [-0.4, -0.2) is 50.4 Å². The highest BCUT2D eigenvalue weighted by Gasteiger charge is 2.22. The Bertz CT molecular complexity index is 900. The molecule has 0 spiro atoms. The fourth-order valence-corrected chi connectivity index (χ4v) is 4.11. The van der Waals surface area contributed by atoms with Crippen molar-refractivity contribution < 1.29 is 17.9 Å². The van der Waals surface area contributed by atoms with Crippen molar-refractivity contribution in [3.8, 4) is 5.75 Å². The molecular weight excluding hydrogens is 366 g/mol. The van der Waals surface area contributed by atoms with Crippen LogP contribution in [0, 0.1) is 0 Å². The van der Waals surface area contributed by atoms with Crippen LogP contribution in [0.4, 0.5) is 0 Å². The quantitative estimate of drug-likeness (QED) is 0.689. The first-order chi connectivity index (χ1) is 13.0. The van der Waals surface area contributed by atoms with E-state index in [0.29, 0.717) is 13.2 Å². The number of ether oxygens (including phenoxy) is 1. The number of aryl methyl sites for hydroxylation is 2. The van der Waals surface area contributed by atoms with E-state index in [1.807, 2.05) is 6.07 Å². The number of aromatic nitrogens is 1. The first kappa shape index (κ1) is 19.3. The van der Waals surface area contributed by atoms with Crippen LogP contribution >= 0.6 is 0 Å². The summed E-state index contributed by atoms with van der Waals surface area (Å²) < 4.78 is 31.4. The Morgan fingerprint density at radius 1 is 1.26 bits per heavy atom. The molecule has 3 rings (SSSR count). The van der Waals surface area contributed by atoms with E-state index in [2.05, 4.69) is 22.4 Å². The second kappa shape index (κ2) is 8.49. The minimum absolute atomic E-state index is 0.0558. The van der Waals surface area contributed by atoms with Gasteiger partial charge in [-0.25, -0.2) is 8.42 Å². The number of sulfonamides is 1. The SMILES string of the molecule is CN(CC(=O)NCCOc1ccc2c(c1)CCC2)S(=O)(=O)c1cccnc1. The average molecular weight is 389 g/mol. The summed E-state index contributed by atoms with van der Waals surface area (Å²) in [7, 11) is -2.37. The first-order valence-electron chi connectivity index (χ1n) is 8.84. The summed E-state index contributed by atoms with van der Waals surface area (Å²) in [4.78, 5) is 15.9. The molecule has 1 amide bonds. The summed E-state index contributed by atoms with van der Waals surface area (Å²) in [6, 6.07) is 9.07. The molecular formula is C19H23N3O4S. The number of fused-ring (bicyclic) bond motifs is 1. The van der Waals surface area contributed by atoms with Gasteiger partial charge >= 0.3 is 0 Å². The van der Waals surface area contributed by atoms with Gasteiger partial charge in [-0.3, -0.25) is 9.78 Å². The number of nitrogens with one attached hydrogen (secondary N) is 1. The van der Waals surface area contributed by atoms with Gasteiger partial charge in [0.2, 0.25) is 15.9 Å². The van der Waals surface area contributed by atoms with Crippen LogP contribution in [0.3, 0.4) is 0 Å². The van der Waals surface area contributed by atoms with Crippen LogP contribution in [0.15, 0.2) is 47.6 Å². The van der Waals surface area contributed by atoms with Crippen molar-refractivity contribution >= 4 is 15.9 Å². The van der Waals surface area contributed by atoms with Gasteiger partial charge in [0.1, 0.15) is 17.3 Å². The lowest BCUT2D eigenvalue weighted by molar-refractivity contribution is -0.121. The zero-order valence-electron chi connectivity index (χ0n) is 15.2. The number of carbonyl (C=O) groups is 1. The molecule has 1 aliphatic rings. The van der Waals surface area contributed by atoms with E-state index in [-0.39, 0.29) is 17.3 Å². The Hall–Kier alpha value is -2.45. The Balaban J connectivity index is 1.43. The molecule has 0 radical (unpaired) electrons.